The minimum absolute atomic E-state index is 0.105. The van der Waals surface area contributed by atoms with Crippen molar-refractivity contribution in [3.63, 3.8) is 0 Å². The van der Waals surface area contributed by atoms with Crippen molar-refractivity contribution in [1.29, 1.82) is 10.0 Å². The van der Waals surface area contributed by atoms with Crippen molar-refractivity contribution < 1.29 is 18.2 Å². The largest absolute Gasteiger partial charge is 0.440 e. The van der Waals surface area contributed by atoms with Gasteiger partial charge in [0.2, 0.25) is 11.8 Å². The maximum atomic E-state index is 14.6. The van der Waals surface area contributed by atoms with Crippen molar-refractivity contribution in [3.8, 4) is 17.4 Å². The number of benzene rings is 1. The molecule has 2 saturated carbocycles. The van der Waals surface area contributed by atoms with Gasteiger partial charge in [0.1, 0.15) is 11.7 Å². The fourth-order valence-corrected chi connectivity index (χ4v) is 6.81. The lowest BCUT2D eigenvalue weighted by atomic mass is 9.75. The molecule has 0 radical (unpaired) electrons. The lowest BCUT2D eigenvalue weighted by molar-refractivity contribution is -0.128. The minimum atomic E-state index is -2.51. The van der Waals surface area contributed by atoms with Gasteiger partial charge in [-0.1, -0.05) is 20.8 Å². The normalized spacial score (nSPS) is 27.3. The van der Waals surface area contributed by atoms with Crippen molar-refractivity contribution >= 4 is 21.7 Å². The van der Waals surface area contributed by atoms with E-state index in [1.165, 1.54) is 0 Å². The lowest BCUT2D eigenvalue weighted by Gasteiger charge is -2.36. The SMILES string of the molecule is CC(C)(C)c1nc([C@@H]2CC[C@H](F)CC2C(=O)NC2(C#N)CC2)c(-c2ccc(N3CC[SH](=N)(O)CC3)cc2)o1. The number of alkyl halides is 1. The summed E-state index contributed by atoms with van der Waals surface area (Å²) in [5, 5.41) is 12.4. The molecular weight excluding hydrogens is 505 g/mol. The van der Waals surface area contributed by atoms with E-state index >= 15 is 0 Å². The van der Waals surface area contributed by atoms with E-state index in [-0.39, 0.29) is 23.7 Å². The summed E-state index contributed by atoms with van der Waals surface area (Å²) in [5.41, 5.74) is 1.37. The van der Waals surface area contributed by atoms with E-state index in [4.69, 9.17) is 14.2 Å². The van der Waals surface area contributed by atoms with Gasteiger partial charge in [-0.15, -0.1) is 10.1 Å². The van der Waals surface area contributed by atoms with Gasteiger partial charge < -0.3 is 19.2 Å². The van der Waals surface area contributed by atoms with E-state index in [9.17, 15) is 19.0 Å². The number of oxazole rings is 1. The third-order valence-corrected chi connectivity index (χ3v) is 9.95. The molecule has 0 bridgehead atoms. The summed E-state index contributed by atoms with van der Waals surface area (Å²) in [6.45, 7) is 7.38. The number of anilines is 1. The number of carbonyl (C=O) groups excluding carboxylic acids is 1. The van der Waals surface area contributed by atoms with Crippen molar-refractivity contribution in [2.45, 2.75) is 75.9 Å². The fourth-order valence-electron chi connectivity index (χ4n) is 5.44. The first-order chi connectivity index (χ1) is 17.9. The predicted octanol–water partition coefficient (Wildman–Crippen LogP) is 4.97. The van der Waals surface area contributed by atoms with Gasteiger partial charge in [-0.3, -0.25) is 9.57 Å². The second-order valence-corrected chi connectivity index (χ2v) is 14.9. The Labute approximate surface area is 224 Å². The molecule has 38 heavy (non-hydrogen) atoms. The Kier molecular flexibility index (Phi) is 6.89. The van der Waals surface area contributed by atoms with Crippen molar-refractivity contribution in [1.82, 2.24) is 10.3 Å². The van der Waals surface area contributed by atoms with Gasteiger partial charge in [0.05, 0.1) is 11.8 Å². The zero-order valence-electron chi connectivity index (χ0n) is 22.3. The number of nitrogens with zero attached hydrogens (tertiary/aromatic N) is 3. The Morgan fingerprint density at radius 2 is 1.92 bits per heavy atom. The highest BCUT2D eigenvalue weighted by Crippen LogP contribution is 2.45. The molecule has 2 aromatic rings. The summed E-state index contributed by atoms with van der Waals surface area (Å²) in [6, 6.07) is 10.2. The summed E-state index contributed by atoms with van der Waals surface area (Å²) >= 11 is 0. The standard InChI is InChI=1S/C28H38FN5O3S/c1-27(2,3)26-32-23(21-9-6-19(29)16-22(21)25(35)33-28(17-30)10-11-28)24(37-26)18-4-7-20(8-5-18)34-12-14-38(31,36)15-13-34/h4-5,7-8,19,21-22,38H,6,9-16H2,1-3H3,(H2,31,36)(H,33,35)/t19-,21+,22?/m0/s1. The van der Waals surface area contributed by atoms with E-state index in [0.717, 1.165) is 11.3 Å². The summed E-state index contributed by atoms with van der Waals surface area (Å²) in [7, 11) is -2.51. The molecule has 1 aliphatic heterocycles. The topological polar surface area (TPSA) is 126 Å². The number of halogens is 1. The number of hydrogen-bond donors (Lipinski definition) is 4. The molecule has 2 aliphatic carbocycles. The molecule has 3 aliphatic rings. The van der Waals surface area contributed by atoms with E-state index in [2.05, 4.69) is 16.3 Å². The second-order valence-electron chi connectivity index (χ2n) is 12.2. The monoisotopic (exact) mass is 543 g/mol. The number of rotatable bonds is 5. The zero-order valence-corrected chi connectivity index (χ0v) is 23.2. The molecule has 10 heteroatoms. The predicted molar refractivity (Wildman–Crippen MR) is 147 cm³/mol. The van der Waals surface area contributed by atoms with Gasteiger partial charge in [0.15, 0.2) is 5.76 Å². The smallest absolute Gasteiger partial charge is 0.225 e. The highest BCUT2D eigenvalue weighted by molar-refractivity contribution is 7.98. The van der Waals surface area contributed by atoms with Gasteiger partial charge >= 0.3 is 0 Å². The third-order valence-electron chi connectivity index (χ3n) is 8.07. The molecule has 3 fully saturated rings. The molecule has 8 nitrogen and oxygen atoms in total. The molecule has 1 amide bonds. The summed E-state index contributed by atoms with van der Waals surface area (Å²) in [6.07, 6.45) is 1.13. The van der Waals surface area contributed by atoms with Crippen LogP contribution in [0.4, 0.5) is 10.1 Å². The molecule has 1 aromatic carbocycles. The first-order valence-corrected chi connectivity index (χ1v) is 15.6. The number of aromatic nitrogens is 1. The number of carbonyl (C=O) groups is 1. The van der Waals surface area contributed by atoms with E-state index < -0.39 is 27.7 Å². The zero-order chi connectivity index (χ0) is 27.3. The number of hydrogen-bond acceptors (Lipinski definition) is 6. The van der Waals surface area contributed by atoms with Crippen LogP contribution in [-0.4, -0.2) is 51.7 Å². The van der Waals surface area contributed by atoms with Gasteiger partial charge in [0.25, 0.3) is 0 Å². The summed E-state index contributed by atoms with van der Waals surface area (Å²) in [4.78, 5) is 20.4. The molecular formula is C28H38FN5O3S. The summed E-state index contributed by atoms with van der Waals surface area (Å²) in [5.74, 6) is 0.965. The maximum Gasteiger partial charge on any atom is 0.225 e. The average molecular weight is 544 g/mol. The number of amides is 1. The van der Waals surface area contributed by atoms with Gasteiger partial charge in [-0.2, -0.15) is 5.26 Å². The molecule has 0 spiro atoms. The molecule has 1 unspecified atom stereocenters. The van der Waals surface area contributed by atoms with Crippen molar-refractivity contribution in [2.24, 2.45) is 5.92 Å². The van der Waals surface area contributed by atoms with Crippen LogP contribution >= 0.6 is 0 Å². The molecule has 206 valence electrons. The van der Waals surface area contributed by atoms with Crippen LogP contribution in [0.15, 0.2) is 28.7 Å². The van der Waals surface area contributed by atoms with E-state index in [1.54, 1.807) is 0 Å². The first-order valence-electron chi connectivity index (χ1n) is 13.5. The highest BCUT2D eigenvalue weighted by Gasteiger charge is 2.48. The highest BCUT2D eigenvalue weighted by atomic mass is 32.3. The van der Waals surface area contributed by atoms with Crippen molar-refractivity contribution in [3.05, 3.63) is 35.9 Å². The molecule has 2 heterocycles. The number of thiol groups is 1. The Balaban J connectivity index is 1.46. The fraction of sp³-hybridized carbons (Fsp3) is 0.607. The van der Waals surface area contributed by atoms with Crippen LogP contribution in [0.5, 0.6) is 0 Å². The Morgan fingerprint density at radius 3 is 2.50 bits per heavy atom. The van der Waals surface area contributed by atoms with Gasteiger partial charge in [-0.05, 0) is 56.4 Å². The second kappa shape index (κ2) is 9.76. The van der Waals surface area contributed by atoms with Crippen molar-refractivity contribution in [2.75, 3.05) is 29.5 Å². The Bertz CT molecular complexity index is 1280. The van der Waals surface area contributed by atoms with Gasteiger partial charge in [-0.25, -0.2) is 9.37 Å². The molecule has 1 saturated heterocycles. The number of nitriles is 1. The molecule has 5 rings (SSSR count). The van der Waals surface area contributed by atoms with E-state index in [1.807, 2.05) is 45.0 Å². The molecule has 3 atom stereocenters. The van der Waals surface area contributed by atoms with Gasteiger partial charge in [0, 0.05) is 53.1 Å². The summed E-state index contributed by atoms with van der Waals surface area (Å²) < 4.78 is 39.0. The first kappa shape index (κ1) is 26.8. The molecule has 1 aromatic heterocycles. The third kappa shape index (κ3) is 5.50. The van der Waals surface area contributed by atoms with Crippen LogP contribution in [0.25, 0.3) is 11.3 Å². The van der Waals surface area contributed by atoms with Crippen LogP contribution in [0, 0.1) is 22.0 Å². The van der Waals surface area contributed by atoms with Crippen LogP contribution in [0.3, 0.4) is 0 Å². The van der Waals surface area contributed by atoms with Crippen LogP contribution in [-0.2, 0) is 20.3 Å². The van der Waals surface area contributed by atoms with Crippen LogP contribution < -0.4 is 10.2 Å². The molecule has 3 N–H and O–H groups in total. The maximum absolute atomic E-state index is 14.6. The Morgan fingerprint density at radius 1 is 1.26 bits per heavy atom. The van der Waals surface area contributed by atoms with Crippen LogP contribution in [0.2, 0.25) is 0 Å². The minimum Gasteiger partial charge on any atom is -0.440 e. The lowest BCUT2D eigenvalue weighted by Crippen LogP contribution is -2.44. The quantitative estimate of drug-likeness (QED) is 0.394. The average Bonchev–Trinajstić information content (AvgIpc) is 3.49. The number of nitrogens with one attached hydrogen (secondary N) is 2. The Hall–Kier alpha value is -2.77. The van der Waals surface area contributed by atoms with E-state index in [0.29, 0.717) is 67.6 Å². The van der Waals surface area contributed by atoms with Crippen LogP contribution in [0.1, 0.15) is 70.4 Å².